The van der Waals surface area contributed by atoms with Crippen LogP contribution in [0, 0.1) is 17.6 Å². The molecule has 0 aromatic heterocycles. The van der Waals surface area contributed by atoms with Gasteiger partial charge in [0.05, 0.1) is 0 Å². The Hall–Kier alpha value is -1.98. The second-order valence-corrected chi connectivity index (χ2v) is 8.36. The molecule has 0 N–H and O–H groups in total. The fraction of sp³-hybridized carbons (Fsp3) is 0.600. The number of carbonyl (C=O) groups is 2. The first-order chi connectivity index (χ1) is 12.1. The number of ketones is 1. The zero-order valence-electron chi connectivity index (χ0n) is 15.4. The molecule has 2 heterocycles. The van der Waals surface area contributed by atoms with E-state index in [1.54, 1.807) is 4.90 Å². The molecule has 0 spiro atoms. The standard InChI is InChI=1S/C20H25F2NO3/c1-20(2,3)26-19(25)23-16-4-5-17(23)10-13(9-16)18(24)8-12-6-14(21)11-15(22)7-12/h6-7,11,13,16-17H,4-5,8-10H2,1-3H3. The van der Waals surface area contributed by atoms with Crippen molar-refractivity contribution in [1.29, 1.82) is 0 Å². The van der Waals surface area contributed by atoms with Crippen LogP contribution in [0.25, 0.3) is 0 Å². The number of carbonyl (C=O) groups excluding carboxylic acids is 2. The first-order valence-corrected chi connectivity index (χ1v) is 9.11. The first-order valence-electron chi connectivity index (χ1n) is 9.11. The Morgan fingerprint density at radius 2 is 1.62 bits per heavy atom. The minimum atomic E-state index is -0.674. The van der Waals surface area contributed by atoms with Gasteiger partial charge in [-0.25, -0.2) is 13.6 Å². The van der Waals surface area contributed by atoms with Crippen molar-refractivity contribution in [1.82, 2.24) is 4.90 Å². The molecule has 2 unspecified atom stereocenters. The predicted molar refractivity (Wildman–Crippen MR) is 92.7 cm³/mol. The fourth-order valence-corrected chi connectivity index (χ4v) is 4.11. The Labute approximate surface area is 152 Å². The average Bonchev–Trinajstić information content (AvgIpc) is 2.75. The Morgan fingerprint density at radius 1 is 1.08 bits per heavy atom. The third kappa shape index (κ3) is 4.22. The van der Waals surface area contributed by atoms with Gasteiger partial charge in [-0.05, 0) is 64.2 Å². The number of hydrogen-bond donors (Lipinski definition) is 0. The number of rotatable bonds is 3. The summed E-state index contributed by atoms with van der Waals surface area (Å²) in [7, 11) is 0. The highest BCUT2D eigenvalue weighted by Crippen LogP contribution is 2.40. The molecular weight excluding hydrogens is 340 g/mol. The van der Waals surface area contributed by atoms with Gasteiger partial charge in [-0.1, -0.05) is 0 Å². The Kier molecular flexibility index (Phi) is 5.04. The van der Waals surface area contributed by atoms with Crippen molar-refractivity contribution in [2.24, 2.45) is 5.92 Å². The van der Waals surface area contributed by atoms with E-state index in [0.717, 1.165) is 18.9 Å². The molecule has 1 amide bonds. The summed E-state index contributed by atoms with van der Waals surface area (Å²) in [5, 5.41) is 0. The Balaban J connectivity index is 1.65. The van der Waals surface area contributed by atoms with E-state index in [9.17, 15) is 18.4 Å². The minimum absolute atomic E-state index is 0.00166. The second-order valence-electron chi connectivity index (χ2n) is 8.36. The molecule has 2 atom stereocenters. The first kappa shape index (κ1) is 18.8. The smallest absolute Gasteiger partial charge is 0.410 e. The summed E-state index contributed by atoms with van der Waals surface area (Å²) in [6.07, 6.45) is 2.61. The highest BCUT2D eigenvalue weighted by Gasteiger charge is 2.46. The number of ether oxygens (including phenoxy) is 1. The van der Waals surface area contributed by atoms with E-state index in [2.05, 4.69) is 0 Å². The lowest BCUT2D eigenvalue weighted by Gasteiger charge is -2.39. The minimum Gasteiger partial charge on any atom is -0.444 e. The highest BCUT2D eigenvalue weighted by molar-refractivity contribution is 5.84. The Morgan fingerprint density at radius 3 is 2.12 bits per heavy atom. The van der Waals surface area contributed by atoms with Crippen LogP contribution in [0.4, 0.5) is 13.6 Å². The maximum atomic E-state index is 13.3. The summed E-state index contributed by atoms with van der Waals surface area (Å²) in [5.74, 6) is -1.55. The number of hydrogen-bond acceptors (Lipinski definition) is 3. The van der Waals surface area contributed by atoms with Crippen molar-refractivity contribution in [3.63, 3.8) is 0 Å². The third-order valence-electron chi connectivity index (χ3n) is 5.09. The Bertz CT molecular complexity index is 679. The van der Waals surface area contributed by atoms with Crippen LogP contribution in [-0.4, -0.2) is 34.5 Å². The van der Waals surface area contributed by atoms with E-state index in [1.165, 1.54) is 12.1 Å². The molecule has 0 radical (unpaired) electrons. The zero-order chi connectivity index (χ0) is 19.1. The van der Waals surface area contributed by atoms with E-state index in [-0.39, 0.29) is 36.3 Å². The van der Waals surface area contributed by atoms with Gasteiger partial charge in [0.25, 0.3) is 0 Å². The van der Waals surface area contributed by atoms with Crippen molar-refractivity contribution in [2.45, 2.75) is 70.6 Å². The molecule has 2 bridgehead atoms. The summed E-state index contributed by atoms with van der Waals surface area (Å²) in [6.45, 7) is 5.50. The third-order valence-corrected chi connectivity index (χ3v) is 5.09. The lowest BCUT2D eigenvalue weighted by atomic mass is 9.85. The second kappa shape index (κ2) is 6.97. The van der Waals surface area contributed by atoms with Crippen molar-refractivity contribution in [2.75, 3.05) is 0 Å². The van der Waals surface area contributed by atoms with E-state index in [1.807, 2.05) is 20.8 Å². The molecule has 2 aliphatic heterocycles. The molecule has 0 saturated carbocycles. The van der Waals surface area contributed by atoms with Gasteiger partial charge in [0, 0.05) is 30.5 Å². The van der Waals surface area contributed by atoms with Gasteiger partial charge in [-0.15, -0.1) is 0 Å². The monoisotopic (exact) mass is 365 g/mol. The zero-order valence-corrected chi connectivity index (χ0v) is 15.4. The number of amides is 1. The summed E-state index contributed by atoms with van der Waals surface area (Å²) in [4.78, 5) is 26.9. The van der Waals surface area contributed by atoms with Gasteiger partial charge < -0.3 is 9.64 Å². The van der Waals surface area contributed by atoms with Crippen LogP contribution in [0.1, 0.15) is 52.0 Å². The number of halogens is 2. The maximum Gasteiger partial charge on any atom is 0.410 e. The van der Waals surface area contributed by atoms with E-state index >= 15 is 0 Å². The maximum absolute atomic E-state index is 13.3. The van der Waals surface area contributed by atoms with Gasteiger partial charge in [-0.2, -0.15) is 0 Å². The fourth-order valence-electron chi connectivity index (χ4n) is 4.11. The SMILES string of the molecule is CC(C)(C)OC(=O)N1C2CCC1CC(C(=O)Cc1cc(F)cc(F)c1)C2. The number of fused-ring (bicyclic) bond motifs is 2. The van der Waals surface area contributed by atoms with Crippen LogP contribution >= 0.6 is 0 Å². The van der Waals surface area contributed by atoms with Crippen LogP contribution in [0.3, 0.4) is 0 Å². The summed E-state index contributed by atoms with van der Waals surface area (Å²) < 4.78 is 32.1. The molecule has 1 aromatic rings. The normalized spacial score (nSPS) is 25.3. The largest absolute Gasteiger partial charge is 0.444 e. The van der Waals surface area contributed by atoms with Crippen molar-refractivity contribution in [3.8, 4) is 0 Å². The molecule has 3 rings (SSSR count). The van der Waals surface area contributed by atoms with Crippen molar-refractivity contribution >= 4 is 11.9 Å². The predicted octanol–water partition coefficient (Wildman–Crippen LogP) is 4.25. The average molecular weight is 365 g/mol. The number of benzene rings is 1. The van der Waals surface area contributed by atoms with Crippen molar-refractivity contribution in [3.05, 3.63) is 35.4 Å². The molecule has 2 aliphatic rings. The number of nitrogens with zero attached hydrogens (tertiary/aromatic N) is 1. The lowest BCUT2D eigenvalue weighted by Crippen LogP contribution is -2.49. The number of piperidine rings is 1. The summed E-state index contributed by atoms with van der Waals surface area (Å²) >= 11 is 0. The van der Waals surface area contributed by atoms with Crippen LogP contribution in [0.15, 0.2) is 18.2 Å². The summed E-state index contributed by atoms with van der Waals surface area (Å²) in [5.41, 5.74) is -0.195. The lowest BCUT2D eigenvalue weighted by molar-refractivity contribution is -0.124. The van der Waals surface area contributed by atoms with Gasteiger partial charge in [0.2, 0.25) is 0 Å². The molecule has 26 heavy (non-hydrogen) atoms. The topological polar surface area (TPSA) is 46.6 Å². The molecule has 2 saturated heterocycles. The van der Waals surface area contributed by atoms with Crippen LogP contribution < -0.4 is 0 Å². The van der Waals surface area contributed by atoms with Gasteiger partial charge >= 0.3 is 6.09 Å². The quantitative estimate of drug-likeness (QED) is 0.804. The van der Waals surface area contributed by atoms with Gasteiger partial charge in [0.15, 0.2) is 0 Å². The summed E-state index contributed by atoms with van der Waals surface area (Å²) in [6, 6.07) is 3.20. The molecule has 4 nitrogen and oxygen atoms in total. The number of Topliss-reactive ketones (excluding diaryl/α,β-unsaturated/α-hetero) is 1. The molecule has 1 aromatic carbocycles. The molecule has 0 aliphatic carbocycles. The van der Waals surface area contributed by atoms with Gasteiger partial charge in [-0.3, -0.25) is 4.79 Å². The van der Waals surface area contributed by atoms with Crippen LogP contribution in [-0.2, 0) is 16.0 Å². The molecule has 142 valence electrons. The van der Waals surface area contributed by atoms with E-state index in [4.69, 9.17) is 4.74 Å². The van der Waals surface area contributed by atoms with Gasteiger partial charge in [0.1, 0.15) is 23.0 Å². The highest BCUT2D eigenvalue weighted by atomic mass is 19.1. The van der Waals surface area contributed by atoms with Crippen LogP contribution in [0.5, 0.6) is 0 Å². The van der Waals surface area contributed by atoms with E-state index in [0.29, 0.717) is 18.4 Å². The molecule has 2 fully saturated rings. The molecule has 6 heteroatoms. The van der Waals surface area contributed by atoms with Crippen molar-refractivity contribution < 1.29 is 23.1 Å². The van der Waals surface area contributed by atoms with Crippen LogP contribution in [0.2, 0.25) is 0 Å². The van der Waals surface area contributed by atoms with E-state index < -0.39 is 17.2 Å². The molecular formula is C20H25F2NO3.